The molecule has 0 aliphatic carbocycles. The number of methoxy groups -OCH3 is 1. The van der Waals surface area contributed by atoms with Crippen molar-refractivity contribution in [1.82, 2.24) is 15.2 Å². The molecule has 8 rings (SSSR count). The number of nitrogens with zero attached hydrogens (tertiary/aromatic N) is 2. The zero-order chi connectivity index (χ0) is 30.8. The van der Waals surface area contributed by atoms with Crippen LogP contribution in [0, 0.1) is 11.8 Å². The lowest BCUT2D eigenvalue weighted by molar-refractivity contribution is -0.0152. The van der Waals surface area contributed by atoms with Crippen LogP contribution in [0.5, 0.6) is 5.75 Å². The van der Waals surface area contributed by atoms with Gasteiger partial charge < -0.3 is 10.1 Å². The molecule has 1 amide bonds. The fraction of sp³-hybridized carbons (Fsp3) is 0.282. The van der Waals surface area contributed by atoms with Crippen LogP contribution in [0.15, 0.2) is 115 Å². The van der Waals surface area contributed by atoms with Gasteiger partial charge in [-0.1, -0.05) is 92.2 Å². The number of hydrogen-bond acceptors (Lipinski definition) is 4. The summed E-state index contributed by atoms with van der Waals surface area (Å²) in [5.74, 6) is 2.17. The Labute approximate surface area is 267 Å². The van der Waals surface area contributed by atoms with Crippen molar-refractivity contribution in [2.24, 2.45) is 11.8 Å². The summed E-state index contributed by atoms with van der Waals surface area (Å²) in [7, 11) is 0.757. The number of rotatable bonds is 9. The van der Waals surface area contributed by atoms with Gasteiger partial charge in [0.15, 0.2) is 0 Å². The van der Waals surface area contributed by atoms with Crippen LogP contribution in [0.3, 0.4) is 0 Å². The Hall–Kier alpha value is -4.05. The summed E-state index contributed by atoms with van der Waals surface area (Å²) >= 11 is 0. The number of carbonyl (C=O) groups is 1. The molecule has 5 aromatic rings. The van der Waals surface area contributed by atoms with E-state index in [1.54, 1.807) is 7.11 Å². The number of hydrogen-bond donors (Lipinski definition) is 1. The van der Waals surface area contributed by atoms with Gasteiger partial charge in [0.05, 0.1) is 18.7 Å². The molecule has 3 aliphatic rings. The zero-order valence-electron chi connectivity index (χ0n) is 26.0. The van der Waals surface area contributed by atoms with Crippen LogP contribution >= 0.6 is 7.92 Å². The van der Waals surface area contributed by atoms with E-state index in [2.05, 4.69) is 107 Å². The van der Waals surface area contributed by atoms with E-state index in [1.807, 2.05) is 30.5 Å². The Kier molecular flexibility index (Phi) is 8.65. The largest absolute Gasteiger partial charge is 0.497 e. The Morgan fingerprint density at radius 2 is 1.67 bits per heavy atom. The van der Waals surface area contributed by atoms with Gasteiger partial charge in [-0.05, 0) is 91.0 Å². The Balaban J connectivity index is 1.32. The molecule has 3 fully saturated rings. The van der Waals surface area contributed by atoms with Gasteiger partial charge in [0.2, 0.25) is 0 Å². The number of nitrogens with one attached hydrogen (secondary N) is 1. The molecular formula is C39H40N3O2P. The van der Waals surface area contributed by atoms with Gasteiger partial charge in [0.1, 0.15) is 5.75 Å². The number of fused-ring (bicyclic) bond motifs is 4. The fourth-order valence-corrected chi connectivity index (χ4v) is 10.0. The van der Waals surface area contributed by atoms with Crippen LogP contribution in [0.2, 0.25) is 0 Å². The molecular weight excluding hydrogens is 573 g/mol. The standard InChI is InChI=1S/C39H40N3O2P/c1-3-27-26-42-23-21-28(27)24-36(42)38(32-20-22-40-35-19-18-29(44-2)25-34(32)35)41-39(43)33-16-10-11-17-37(33)45(30-12-6-4-7-13-30)31-14-8-5-9-15-31/h4-20,22,25,27-28,36,38H,3,21,23-24,26H2,1-2H3,(H,41,43)/t27-,28-,36-,38-/m0/s1. The van der Waals surface area contributed by atoms with Gasteiger partial charge in [-0.15, -0.1) is 0 Å². The van der Waals surface area contributed by atoms with Crippen LogP contribution in [0.25, 0.3) is 10.9 Å². The highest BCUT2D eigenvalue weighted by molar-refractivity contribution is 7.80. The lowest BCUT2D eigenvalue weighted by Gasteiger charge is -2.52. The summed E-state index contributed by atoms with van der Waals surface area (Å²) in [6.45, 7) is 4.49. The van der Waals surface area contributed by atoms with E-state index in [0.29, 0.717) is 5.92 Å². The first kappa shape index (κ1) is 29.6. The van der Waals surface area contributed by atoms with E-state index in [1.165, 1.54) is 23.5 Å². The predicted octanol–water partition coefficient (Wildman–Crippen LogP) is 6.59. The molecule has 4 aromatic carbocycles. The lowest BCUT2D eigenvalue weighted by Crippen LogP contribution is -2.57. The second-order valence-electron chi connectivity index (χ2n) is 12.3. The highest BCUT2D eigenvalue weighted by Crippen LogP contribution is 2.43. The number of carbonyl (C=O) groups excluding carboxylic acids is 1. The minimum atomic E-state index is -0.939. The maximum atomic E-state index is 14.7. The maximum Gasteiger partial charge on any atom is 0.252 e. The Bertz CT molecular complexity index is 1740. The van der Waals surface area contributed by atoms with Gasteiger partial charge in [0, 0.05) is 29.7 Å². The SMILES string of the molecule is CC[C@H]1CN2CC[C@H]1C[C@H]2[C@@H](NC(=O)c1ccccc1P(c1ccccc1)c1ccccc1)c1ccnc2ccc(OC)cc12. The van der Waals surface area contributed by atoms with Crippen LogP contribution in [0.4, 0.5) is 0 Å². The molecule has 1 unspecified atom stereocenters. The predicted molar refractivity (Wildman–Crippen MR) is 186 cm³/mol. The molecule has 228 valence electrons. The first-order valence-corrected chi connectivity index (χ1v) is 17.5. The summed E-state index contributed by atoms with van der Waals surface area (Å²) in [6.07, 6.45) is 5.41. The Morgan fingerprint density at radius 3 is 2.33 bits per heavy atom. The highest BCUT2D eigenvalue weighted by atomic mass is 31.1. The first-order valence-electron chi connectivity index (χ1n) is 16.1. The van der Waals surface area contributed by atoms with Gasteiger partial charge >= 0.3 is 0 Å². The van der Waals surface area contributed by atoms with Gasteiger partial charge in [-0.25, -0.2) is 0 Å². The molecule has 5 nitrogen and oxygen atoms in total. The van der Waals surface area contributed by atoms with E-state index in [-0.39, 0.29) is 18.0 Å². The lowest BCUT2D eigenvalue weighted by atomic mass is 9.72. The summed E-state index contributed by atoms with van der Waals surface area (Å²) in [5.41, 5.74) is 2.75. The van der Waals surface area contributed by atoms with Crippen molar-refractivity contribution in [2.75, 3.05) is 20.2 Å². The number of amides is 1. The van der Waals surface area contributed by atoms with E-state index >= 15 is 0 Å². The molecule has 1 aromatic heterocycles. The third-order valence-corrected chi connectivity index (χ3v) is 12.4. The minimum absolute atomic E-state index is 0.0301. The smallest absolute Gasteiger partial charge is 0.252 e. The van der Waals surface area contributed by atoms with E-state index in [0.717, 1.165) is 58.5 Å². The molecule has 0 radical (unpaired) electrons. The number of piperidine rings is 3. The molecule has 4 heterocycles. The summed E-state index contributed by atoms with van der Waals surface area (Å²) in [6, 6.07) is 37.5. The quantitative estimate of drug-likeness (QED) is 0.191. The van der Waals surface area contributed by atoms with Crippen molar-refractivity contribution in [3.63, 3.8) is 0 Å². The summed E-state index contributed by atoms with van der Waals surface area (Å²) in [4.78, 5) is 22.0. The van der Waals surface area contributed by atoms with Crippen molar-refractivity contribution in [3.8, 4) is 5.75 Å². The molecule has 3 aliphatic heterocycles. The van der Waals surface area contributed by atoms with Crippen LogP contribution in [-0.2, 0) is 0 Å². The van der Waals surface area contributed by atoms with Crippen LogP contribution < -0.4 is 26.0 Å². The summed E-state index contributed by atoms with van der Waals surface area (Å²) in [5, 5.41) is 8.18. The second-order valence-corrected chi connectivity index (χ2v) is 14.5. The molecule has 0 spiro atoms. The number of ether oxygens (including phenoxy) is 1. The number of benzene rings is 4. The second kappa shape index (κ2) is 13.1. The molecule has 1 N–H and O–H groups in total. The van der Waals surface area contributed by atoms with Gasteiger partial charge in [0.25, 0.3) is 5.91 Å². The monoisotopic (exact) mass is 613 g/mol. The first-order chi connectivity index (χ1) is 22.1. The average molecular weight is 614 g/mol. The molecule has 5 atom stereocenters. The normalized spacial score (nSPS) is 21.5. The average Bonchev–Trinajstić information content (AvgIpc) is 3.11. The van der Waals surface area contributed by atoms with Crippen molar-refractivity contribution in [1.29, 1.82) is 0 Å². The van der Waals surface area contributed by atoms with Gasteiger partial charge in [-0.2, -0.15) is 0 Å². The fourth-order valence-electron chi connectivity index (χ4n) is 7.58. The van der Waals surface area contributed by atoms with Crippen molar-refractivity contribution in [2.45, 2.75) is 38.3 Å². The number of pyridine rings is 1. The molecule has 3 saturated heterocycles. The zero-order valence-corrected chi connectivity index (χ0v) is 26.9. The molecule has 0 saturated carbocycles. The van der Waals surface area contributed by atoms with E-state index in [4.69, 9.17) is 4.74 Å². The Morgan fingerprint density at radius 1 is 0.956 bits per heavy atom. The molecule has 6 heteroatoms. The maximum absolute atomic E-state index is 14.7. The molecule has 45 heavy (non-hydrogen) atoms. The third-order valence-electron chi connectivity index (χ3n) is 9.87. The van der Waals surface area contributed by atoms with Crippen molar-refractivity contribution < 1.29 is 9.53 Å². The number of aromatic nitrogens is 1. The molecule has 2 bridgehead atoms. The van der Waals surface area contributed by atoms with E-state index < -0.39 is 7.92 Å². The van der Waals surface area contributed by atoms with E-state index in [9.17, 15) is 4.79 Å². The highest BCUT2D eigenvalue weighted by Gasteiger charge is 2.43. The van der Waals surface area contributed by atoms with Gasteiger partial charge in [-0.3, -0.25) is 14.7 Å². The minimum Gasteiger partial charge on any atom is -0.497 e. The van der Waals surface area contributed by atoms with Crippen molar-refractivity contribution >= 4 is 40.6 Å². The van der Waals surface area contributed by atoms with Crippen LogP contribution in [0.1, 0.15) is 48.1 Å². The summed E-state index contributed by atoms with van der Waals surface area (Å²) < 4.78 is 5.63. The van der Waals surface area contributed by atoms with Crippen LogP contribution in [-0.4, -0.2) is 42.0 Å². The van der Waals surface area contributed by atoms with Crippen molar-refractivity contribution in [3.05, 3.63) is 127 Å². The topological polar surface area (TPSA) is 54.5 Å². The third kappa shape index (κ3) is 5.88.